The quantitative estimate of drug-likeness (QED) is 0.671. The van der Waals surface area contributed by atoms with Crippen molar-refractivity contribution in [2.24, 2.45) is 0 Å². The van der Waals surface area contributed by atoms with E-state index < -0.39 is 0 Å². The summed E-state index contributed by atoms with van der Waals surface area (Å²) in [7, 11) is 0. The fourth-order valence-corrected chi connectivity index (χ4v) is 2.26. The maximum absolute atomic E-state index is 11.9. The van der Waals surface area contributed by atoms with Crippen LogP contribution >= 0.6 is 0 Å². The van der Waals surface area contributed by atoms with Gasteiger partial charge in [0.2, 0.25) is 5.91 Å². The van der Waals surface area contributed by atoms with Gasteiger partial charge in [-0.25, -0.2) is 0 Å². The lowest BCUT2D eigenvalue weighted by atomic mass is 10.1. The molecule has 0 atom stereocenters. The van der Waals surface area contributed by atoms with Crippen molar-refractivity contribution >= 4 is 17.5 Å². The van der Waals surface area contributed by atoms with Gasteiger partial charge in [0.15, 0.2) is 0 Å². The summed E-state index contributed by atoms with van der Waals surface area (Å²) >= 11 is 0. The van der Waals surface area contributed by atoms with E-state index in [2.05, 4.69) is 0 Å². The second kappa shape index (κ2) is 5.40. The number of hydrogen-bond acceptors (Lipinski definition) is 4. The molecule has 0 saturated carbocycles. The largest absolute Gasteiger partial charge is 0.341 e. The Morgan fingerprint density at radius 1 is 0.882 bits per heavy atom. The Labute approximate surface area is 101 Å². The maximum Gasteiger partial charge on any atom is 0.236 e. The molecule has 2 rings (SSSR count). The SMILES string of the molecule is O=C1CCN(CC(=O)N2CCC(=O)CC2)CC1. The van der Waals surface area contributed by atoms with Crippen LogP contribution in [0.25, 0.3) is 0 Å². The smallest absolute Gasteiger partial charge is 0.236 e. The van der Waals surface area contributed by atoms with Gasteiger partial charge in [0.1, 0.15) is 11.6 Å². The van der Waals surface area contributed by atoms with Crippen molar-refractivity contribution in [2.45, 2.75) is 25.7 Å². The number of amides is 1. The Morgan fingerprint density at radius 2 is 1.35 bits per heavy atom. The molecule has 5 nitrogen and oxygen atoms in total. The summed E-state index contributed by atoms with van der Waals surface area (Å²) in [5, 5.41) is 0. The van der Waals surface area contributed by atoms with E-state index in [0.717, 1.165) is 0 Å². The summed E-state index contributed by atoms with van der Waals surface area (Å²) in [5.74, 6) is 0.627. The second-order valence-electron chi connectivity index (χ2n) is 4.73. The first-order chi connectivity index (χ1) is 8.15. The van der Waals surface area contributed by atoms with Crippen LogP contribution in [0.3, 0.4) is 0 Å². The fraction of sp³-hybridized carbons (Fsp3) is 0.750. The normalized spacial score (nSPS) is 22.9. The van der Waals surface area contributed by atoms with Crippen LogP contribution < -0.4 is 0 Å². The molecule has 2 heterocycles. The standard InChI is InChI=1S/C12H18N2O3/c15-10-1-5-13(6-2-10)9-12(17)14-7-3-11(16)4-8-14/h1-9H2. The van der Waals surface area contributed by atoms with Crippen LogP contribution in [-0.2, 0) is 14.4 Å². The number of likely N-dealkylation sites (tertiary alicyclic amines) is 2. The Bertz CT molecular complexity index is 321. The monoisotopic (exact) mass is 238 g/mol. The third-order valence-electron chi connectivity index (χ3n) is 3.45. The highest BCUT2D eigenvalue weighted by atomic mass is 16.2. The number of carbonyl (C=O) groups is 3. The molecule has 0 aromatic carbocycles. The first kappa shape index (κ1) is 12.2. The van der Waals surface area contributed by atoms with E-state index in [1.54, 1.807) is 4.90 Å². The minimum absolute atomic E-state index is 0.0897. The number of rotatable bonds is 2. The lowest BCUT2D eigenvalue weighted by Gasteiger charge is -2.30. The van der Waals surface area contributed by atoms with Gasteiger partial charge in [0, 0.05) is 51.9 Å². The van der Waals surface area contributed by atoms with Crippen LogP contribution in [0.5, 0.6) is 0 Å². The molecule has 0 spiro atoms. The summed E-state index contributed by atoms with van der Waals surface area (Å²) in [6, 6.07) is 0. The van der Waals surface area contributed by atoms with E-state index in [0.29, 0.717) is 58.4 Å². The predicted molar refractivity (Wildman–Crippen MR) is 61.5 cm³/mol. The van der Waals surface area contributed by atoms with Crippen LogP contribution in [0.1, 0.15) is 25.7 Å². The molecular formula is C12H18N2O3. The fourth-order valence-electron chi connectivity index (χ4n) is 2.26. The van der Waals surface area contributed by atoms with Gasteiger partial charge in [-0.2, -0.15) is 0 Å². The highest BCUT2D eigenvalue weighted by Gasteiger charge is 2.24. The predicted octanol–water partition coefficient (Wildman–Crippen LogP) is -0.157. The minimum atomic E-state index is 0.0897. The second-order valence-corrected chi connectivity index (χ2v) is 4.73. The molecule has 5 heteroatoms. The topological polar surface area (TPSA) is 57.7 Å². The lowest BCUT2D eigenvalue weighted by Crippen LogP contribution is -2.46. The number of piperidine rings is 2. The molecule has 2 aliphatic heterocycles. The number of ketones is 2. The summed E-state index contributed by atoms with van der Waals surface area (Å²) in [5.41, 5.74) is 0. The van der Waals surface area contributed by atoms with Crippen molar-refractivity contribution in [3.05, 3.63) is 0 Å². The van der Waals surface area contributed by atoms with E-state index >= 15 is 0 Å². The molecule has 0 aromatic heterocycles. The molecule has 1 amide bonds. The molecule has 2 aliphatic rings. The molecule has 0 unspecified atom stereocenters. The number of hydrogen-bond donors (Lipinski definition) is 0. The van der Waals surface area contributed by atoms with Crippen LogP contribution in [0.4, 0.5) is 0 Å². The zero-order valence-electron chi connectivity index (χ0n) is 9.98. The average molecular weight is 238 g/mol. The van der Waals surface area contributed by atoms with Crippen molar-refractivity contribution in [1.82, 2.24) is 9.80 Å². The molecule has 0 N–H and O–H groups in total. The Kier molecular flexibility index (Phi) is 3.89. The first-order valence-corrected chi connectivity index (χ1v) is 6.18. The molecule has 0 aliphatic carbocycles. The number of nitrogens with zero attached hydrogens (tertiary/aromatic N) is 2. The van der Waals surface area contributed by atoms with E-state index in [1.807, 2.05) is 4.90 Å². The third kappa shape index (κ3) is 3.36. The van der Waals surface area contributed by atoms with E-state index in [-0.39, 0.29) is 17.5 Å². The summed E-state index contributed by atoms with van der Waals surface area (Å²) in [4.78, 5) is 37.9. The van der Waals surface area contributed by atoms with Gasteiger partial charge in [-0.05, 0) is 0 Å². The zero-order chi connectivity index (χ0) is 12.3. The number of Topliss-reactive ketones (excluding diaryl/α,β-unsaturated/α-hetero) is 2. The van der Waals surface area contributed by atoms with Crippen LogP contribution in [0.2, 0.25) is 0 Å². The van der Waals surface area contributed by atoms with Crippen LogP contribution in [0.15, 0.2) is 0 Å². The molecule has 0 radical (unpaired) electrons. The van der Waals surface area contributed by atoms with Crippen molar-refractivity contribution in [1.29, 1.82) is 0 Å². The van der Waals surface area contributed by atoms with Crippen LogP contribution in [0, 0.1) is 0 Å². The van der Waals surface area contributed by atoms with E-state index in [4.69, 9.17) is 0 Å². The Hall–Kier alpha value is -1.23. The Morgan fingerprint density at radius 3 is 1.88 bits per heavy atom. The van der Waals surface area contributed by atoms with Gasteiger partial charge in [0.25, 0.3) is 0 Å². The highest BCUT2D eigenvalue weighted by Crippen LogP contribution is 2.09. The number of carbonyl (C=O) groups excluding carboxylic acids is 3. The summed E-state index contributed by atoms with van der Waals surface area (Å²) in [6.45, 7) is 2.89. The molecular weight excluding hydrogens is 220 g/mol. The van der Waals surface area contributed by atoms with Crippen LogP contribution in [-0.4, -0.2) is 60.0 Å². The van der Waals surface area contributed by atoms with Gasteiger partial charge in [-0.3, -0.25) is 19.3 Å². The van der Waals surface area contributed by atoms with Gasteiger partial charge < -0.3 is 4.90 Å². The van der Waals surface area contributed by atoms with E-state index in [1.165, 1.54) is 0 Å². The third-order valence-corrected chi connectivity index (χ3v) is 3.45. The van der Waals surface area contributed by atoms with Gasteiger partial charge >= 0.3 is 0 Å². The van der Waals surface area contributed by atoms with Crippen molar-refractivity contribution < 1.29 is 14.4 Å². The average Bonchev–Trinajstić information content (AvgIpc) is 2.33. The van der Waals surface area contributed by atoms with Crippen molar-refractivity contribution in [3.8, 4) is 0 Å². The molecule has 94 valence electrons. The molecule has 0 aromatic rings. The minimum Gasteiger partial charge on any atom is -0.341 e. The highest BCUT2D eigenvalue weighted by molar-refractivity contribution is 5.84. The summed E-state index contributed by atoms with van der Waals surface area (Å²) in [6.07, 6.45) is 2.10. The van der Waals surface area contributed by atoms with Gasteiger partial charge in [-0.1, -0.05) is 0 Å². The lowest BCUT2D eigenvalue weighted by molar-refractivity contribution is -0.136. The molecule has 0 bridgehead atoms. The molecule has 2 fully saturated rings. The Balaban J connectivity index is 1.77. The molecule has 17 heavy (non-hydrogen) atoms. The maximum atomic E-state index is 11.9. The first-order valence-electron chi connectivity index (χ1n) is 6.18. The molecule has 2 saturated heterocycles. The summed E-state index contributed by atoms with van der Waals surface area (Å²) < 4.78 is 0. The van der Waals surface area contributed by atoms with Crippen molar-refractivity contribution in [2.75, 3.05) is 32.7 Å². The van der Waals surface area contributed by atoms with Gasteiger partial charge in [0.05, 0.1) is 6.54 Å². The van der Waals surface area contributed by atoms with Gasteiger partial charge in [-0.15, -0.1) is 0 Å². The van der Waals surface area contributed by atoms with Crippen molar-refractivity contribution in [3.63, 3.8) is 0 Å². The zero-order valence-corrected chi connectivity index (χ0v) is 9.98. The van der Waals surface area contributed by atoms with E-state index in [9.17, 15) is 14.4 Å².